The van der Waals surface area contributed by atoms with Crippen LogP contribution in [0.1, 0.15) is 6.92 Å². The number of hydrogen-bond acceptors (Lipinski definition) is 3. The van der Waals surface area contributed by atoms with E-state index in [0.29, 0.717) is 0 Å². The largest absolute Gasteiger partial charge is 0.366 e. The molecule has 0 bridgehead atoms. The molecule has 16 heavy (non-hydrogen) atoms. The van der Waals surface area contributed by atoms with Crippen LogP contribution in [0.25, 0.3) is 0 Å². The molecule has 0 saturated carbocycles. The number of H-pyrrole nitrogens is 1. The van der Waals surface area contributed by atoms with Crippen molar-refractivity contribution in [3.05, 3.63) is 28.7 Å². The van der Waals surface area contributed by atoms with E-state index in [1.807, 2.05) is 0 Å². The number of aromatic nitrogens is 1. The first-order valence-electron chi connectivity index (χ1n) is 4.64. The van der Waals surface area contributed by atoms with Crippen LogP contribution < -0.4 is 5.43 Å². The standard InChI is InChI=1S/C10H12N2O3S/c1-3-7-12(4-2)16(14,15)10-8-11-6-5-9(10)13/h1,5-6,8H,4,7H2,2H3,(H,11,13). The van der Waals surface area contributed by atoms with Gasteiger partial charge in [-0.1, -0.05) is 12.8 Å². The minimum atomic E-state index is -3.80. The first-order valence-corrected chi connectivity index (χ1v) is 6.08. The van der Waals surface area contributed by atoms with Crippen molar-refractivity contribution in [1.82, 2.24) is 9.29 Å². The van der Waals surface area contributed by atoms with E-state index in [1.165, 1.54) is 6.20 Å². The third-order valence-corrected chi connectivity index (χ3v) is 3.97. The fourth-order valence-corrected chi connectivity index (χ4v) is 2.61. The van der Waals surface area contributed by atoms with Crippen molar-refractivity contribution in [2.24, 2.45) is 0 Å². The molecule has 0 aliphatic carbocycles. The molecule has 0 unspecified atom stereocenters. The summed E-state index contributed by atoms with van der Waals surface area (Å²) in [4.78, 5) is 13.7. The summed E-state index contributed by atoms with van der Waals surface area (Å²) in [5, 5.41) is 0. The highest BCUT2D eigenvalue weighted by molar-refractivity contribution is 7.89. The van der Waals surface area contributed by atoms with Crippen LogP contribution in [0.3, 0.4) is 0 Å². The predicted molar refractivity (Wildman–Crippen MR) is 60.3 cm³/mol. The Morgan fingerprint density at radius 1 is 1.56 bits per heavy atom. The Morgan fingerprint density at radius 2 is 2.25 bits per heavy atom. The summed E-state index contributed by atoms with van der Waals surface area (Å²) in [6.07, 6.45) is 7.61. The molecule has 1 rings (SSSR count). The van der Waals surface area contributed by atoms with Gasteiger partial charge in [0.1, 0.15) is 4.90 Å². The first-order chi connectivity index (χ1) is 7.54. The molecule has 0 amide bonds. The van der Waals surface area contributed by atoms with Gasteiger partial charge in [0.2, 0.25) is 15.5 Å². The quantitative estimate of drug-likeness (QED) is 0.754. The van der Waals surface area contributed by atoms with Gasteiger partial charge < -0.3 is 4.98 Å². The maximum Gasteiger partial charge on any atom is 0.249 e. The second-order valence-corrected chi connectivity index (χ2v) is 4.91. The van der Waals surface area contributed by atoms with Crippen molar-refractivity contribution >= 4 is 10.0 Å². The molecule has 0 saturated heterocycles. The van der Waals surface area contributed by atoms with E-state index in [0.717, 1.165) is 16.6 Å². The van der Waals surface area contributed by atoms with Gasteiger partial charge >= 0.3 is 0 Å². The fraction of sp³-hybridized carbons (Fsp3) is 0.300. The predicted octanol–water partition coefficient (Wildman–Crippen LogP) is 0.0187. The molecule has 0 spiro atoms. The Hall–Kier alpha value is -1.58. The van der Waals surface area contributed by atoms with Gasteiger partial charge in [0.15, 0.2) is 0 Å². The topological polar surface area (TPSA) is 70.2 Å². The molecule has 6 heteroatoms. The molecule has 5 nitrogen and oxygen atoms in total. The molecular formula is C10H12N2O3S. The minimum absolute atomic E-state index is 0.0484. The Morgan fingerprint density at radius 3 is 2.75 bits per heavy atom. The van der Waals surface area contributed by atoms with E-state index >= 15 is 0 Å². The normalized spacial score (nSPS) is 11.3. The number of terminal acetylenes is 1. The van der Waals surface area contributed by atoms with E-state index in [9.17, 15) is 13.2 Å². The van der Waals surface area contributed by atoms with E-state index in [4.69, 9.17) is 6.42 Å². The number of nitrogens with one attached hydrogen (secondary N) is 1. The van der Waals surface area contributed by atoms with Gasteiger partial charge in [-0.25, -0.2) is 8.42 Å². The lowest BCUT2D eigenvalue weighted by Gasteiger charge is -2.16. The Bertz CT molecular complexity index is 554. The number of sulfonamides is 1. The number of aromatic amines is 1. The highest BCUT2D eigenvalue weighted by Crippen LogP contribution is 2.09. The molecule has 0 aliphatic rings. The SMILES string of the molecule is C#CCN(CC)S(=O)(=O)c1c[nH]ccc1=O. The molecule has 1 aromatic rings. The maximum atomic E-state index is 12.0. The van der Waals surface area contributed by atoms with Crippen LogP contribution in [0.2, 0.25) is 0 Å². The summed E-state index contributed by atoms with van der Waals surface area (Å²) in [6.45, 7) is 1.83. The Labute approximate surface area is 94.2 Å². The van der Waals surface area contributed by atoms with Crippen molar-refractivity contribution in [1.29, 1.82) is 0 Å². The van der Waals surface area contributed by atoms with E-state index in [2.05, 4.69) is 10.9 Å². The molecule has 1 N–H and O–H groups in total. The van der Waals surface area contributed by atoms with Gasteiger partial charge in [0, 0.05) is 25.0 Å². The number of pyridine rings is 1. The second kappa shape index (κ2) is 4.96. The summed E-state index contributed by atoms with van der Waals surface area (Å²) in [5.74, 6) is 2.25. The molecule has 1 aromatic heterocycles. The average Bonchev–Trinajstić information content (AvgIpc) is 2.26. The van der Waals surface area contributed by atoms with Crippen LogP contribution in [0, 0.1) is 12.3 Å². The van der Waals surface area contributed by atoms with Gasteiger partial charge in [0.25, 0.3) is 0 Å². The molecule has 0 radical (unpaired) electrons. The molecule has 0 aromatic carbocycles. The summed E-state index contributed by atoms with van der Waals surface area (Å²) < 4.78 is 25.0. The molecular weight excluding hydrogens is 228 g/mol. The zero-order chi connectivity index (χ0) is 12.2. The number of hydrogen-bond donors (Lipinski definition) is 1. The fourth-order valence-electron chi connectivity index (χ4n) is 1.21. The van der Waals surface area contributed by atoms with Gasteiger partial charge in [-0.2, -0.15) is 4.31 Å². The molecule has 1 heterocycles. The summed E-state index contributed by atoms with van der Waals surface area (Å²) in [7, 11) is -3.80. The van der Waals surface area contributed by atoms with Crippen LogP contribution in [-0.4, -0.2) is 30.8 Å². The lowest BCUT2D eigenvalue weighted by Crippen LogP contribution is -2.34. The van der Waals surface area contributed by atoms with Crippen LogP contribution in [0.5, 0.6) is 0 Å². The summed E-state index contributed by atoms with van der Waals surface area (Å²) in [6, 6.07) is 1.16. The van der Waals surface area contributed by atoms with Gasteiger partial charge in [-0.15, -0.1) is 6.42 Å². The maximum absolute atomic E-state index is 12.0. The number of nitrogens with zero attached hydrogens (tertiary/aromatic N) is 1. The van der Waals surface area contributed by atoms with Crippen LogP contribution >= 0.6 is 0 Å². The van der Waals surface area contributed by atoms with Gasteiger partial charge in [0.05, 0.1) is 6.54 Å². The average molecular weight is 240 g/mol. The van der Waals surface area contributed by atoms with Gasteiger partial charge in [-0.05, 0) is 0 Å². The van der Waals surface area contributed by atoms with Crippen molar-refractivity contribution in [3.63, 3.8) is 0 Å². The van der Waals surface area contributed by atoms with Crippen molar-refractivity contribution in [2.75, 3.05) is 13.1 Å². The van der Waals surface area contributed by atoms with E-state index in [1.54, 1.807) is 6.92 Å². The zero-order valence-corrected chi connectivity index (χ0v) is 9.62. The summed E-state index contributed by atoms with van der Waals surface area (Å²) in [5.41, 5.74) is -0.547. The highest BCUT2D eigenvalue weighted by atomic mass is 32.2. The van der Waals surface area contributed by atoms with E-state index in [-0.39, 0.29) is 18.0 Å². The smallest absolute Gasteiger partial charge is 0.249 e. The van der Waals surface area contributed by atoms with Crippen LogP contribution in [0.15, 0.2) is 28.2 Å². The molecule has 86 valence electrons. The monoisotopic (exact) mass is 240 g/mol. The Balaban J connectivity index is 3.27. The van der Waals surface area contributed by atoms with Crippen molar-refractivity contribution in [2.45, 2.75) is 11.8 Å². The Kier molecular flexibility index (Phi) is 3.88. The second-order valence-electron chi connectivity index (χ2n) is 3.01. The van der Waals surface area contributed by atoms with E-state index < -0.39 is 15.5 Å². The summed E-state index contributed by atoms with van der Waals surface area (Å²) >= 11 is 0. The zero-order valence-electron chi connectivity index (χ0n) is 8.80. The lowest BCUT2D eigenvalue weighted by molar-refractivity contribution is 0.463. The third-order valence-electron chi connectivity index (χ3n) is 2.03. The molecule has 0 fully saturated rings. The molecule has 0 atom stereocenters. The number of rotatable bonds is 4. The van der Waals surface area contributed by atoms with Gasteiger partial charge in [-0.3, -0.25) is 4.79 Å². The van der Waals surface area contributed by atoms with Crippen molar-refractivity contribution in [3.8, 4) is 12.3 Å². The minimum Gasteiger partial charge on any atom is -0.366 e. The highest BCUT2D eigenvalue weighted by Gasteiger charge is 2.24. The first kappa shape index (κ1) is 12.5. The third kappa shape index (κ3) is 2.32. The van der Waals surface area contributed by atoms with Crippen LogP contribution in [0.4, 0.5) is 0 Å². The van der Waals surface area contributed by atoms with Crippen molar-refractivity contribution < 1.29 is 8.42 Å². The molecule has 0 aliphatic heterocycles. The lowest BCUT2D eigenvalue weighted by atomic mass is 10.5. The van der Waals surface area contributed by atoms with Crippen LogP contribution in [-0.2, 0) is 10.0 Å².